The van der Waals surface area contributed by atoms with Crippen LogP contribution in [0.1, 0.15) is 13.3 Å². The Morgan fingerprint density at radius 3 is 2.67 bits per heavy atom. The quantitative estimate of drug-likeness (QED) is 0.845. The van der Waals surface area contributed by atoms with Gasteiger partial charge in [-0.15, -0.1) is 0 Å². The summed E-state index contributed by atoms with van der Waals surface area (Å²) in [6, 6.07) is 7.60. The predicted octanol–water partition coefficient (Wildman–Crippen LogP) is 2.20. The molecule has 0 fully saturated rings. The molecule has 0 aliphatic rings. The average molecular weight is 319 g/mol. The Kier molecular flexibility index (Phi) is 5.45. The fraction of sp³-hybridized carbons (Fsp3) is 0.364. The van der Waals surface area contributed by atoms with Gasteiger partial charge in [-0.25, -0.2) is 0 Å². The van der Waals surface area contributed by atoms with Crippen molar-refractivity contribution in [2.24, 2.45) is 0 Å². The Morgan fingerprint density at radius 1 is 1.40 bits per heavy atom. The predicted molar refractivity (Wildman–Crippen MR) is 68.0 cm³/mol. The molecule has 1 aromatic carbocycles. The molecule has 1 amide bonds. The van der Waals surface area contributed by atoms with E-state index in [1.165, 1.54) is 0 Å². The highest BCUT2D eigenvalue weighted by molar-refractivity contribution is 14.1. The van der Waals surface area contributed by atoms with Crippen LogP contribution < -0.4 is 10.1 Å². The molecule has 0 saturated carbocycles. The topological polar surface area (TPSA) is 38.3 Å². The molecule has 0 aromatic heterocycles. The number of amides is 1. The minimum absolute atomic E-state index is 0.0737. The Bertz CT molecular complexity index is 311. The smallest absolute Gasteiger partial charge is 0.257 e. The Morgan fingerprint density at radius 2 is 2.07 bits per heavy atom. The van der Waals surface area contributed by atoms with Gasteiger partial charge < -0.3 is 10.1 Å². The number of nitrogens with one attached hydrogen (secondary N) is 1. The van der Waals surface area contributed by atoms with Crippen molar-refractivity contribution in [3.8, 4) is 5.75 Å². The number of carbonyl (C=O) groups excluding carboxylic acids is 1. The van der Waals surface area contributed by atoms with Gasteiger partial charge in [0.1, 0.15) is 5.75 Å². The molecule has 4 heteroatoms. The first-order chi connectivity index (χ1) is 7.22. The summed E-state index contributed by atoms with van der Waals surface area (Å²) < 4.78 is 6.45. The van der Waals surface area contributed by atoms with E-state index >= 15 is 0 Å². The second-order valence-corrected chi connectivity index (χ2v) is 4.34. The lowest BCUT2D eigenvalue weighted by atomic mass is 10.3. The highest BCUT2D eigenvalue weighted by atomic mass is 127. The normalized spacial score (nSPS) is 9.73. The first kappa shape index (κ1) is 12.3. The van der Waals surface area contributed by atoms with E-state index in [1.54, 1.807) is 0 Å². The van der Waals surface area contributed by atoms with Gasteiger partial charge in [-0.1, -0.05) is 6.92 Å². The van der Waals surface area contributed by atoms with E-state index in [-0.39, 0.29) is 12.5 Å². The lowest BCUT2D eigenvalue weighted by Gasteiger charge is -2.06. The van der Waals surface area contributed by atoms with Gasteiger partial charge in [-0.3, -0.25) is 4.79 Å². The van der Waals surface area contributed by atoms with Crippen molar-refractivity contribution >= 4 is 28.5 Å². The van der Waals surface area contributed by atoms with Crippen LogP contribution in [0.4, 0.5) is 0 Å². The van der Waals surface area contributed by atoms with Crippen LogP contribution in [-0.2, 0) is 4.79 Å². The number of rotatable bonds is 5. The number of halogens is 1. The van der Waals surface area contributed by atoms with Crippen LogP contribution in [0, 0.1) is 3.57 Å². The molecule has 0 heterocycles. The number of hydrogen-bond acceptors (Lipinski definition) is 2. The van der Waals surface area contributed by atoms with Crippen molar-refractivity contribution in [2.75, 3.05) is 13.2 Å². The molecule has 0 atom stereocenters. The van der Waals surface area contributed by atoms with Crippen LogP contribution >= 0.6 is 22.6 Å². The molecule has 0 unspecified atom stereocenters. The molecule has 0 radical (unpaired) electrons. The summed E-state index contributed by atoms with van der Waals surface area (Å²) in [5.74, 6) is 0.650. The molecule has 1 N–H and O–H groups in total. The molecule has 0 bridgehead atoms. The third-order valence-electron chi connectivity index (χ3n) is 1.76. The van der Waals surface area contributed by atoms with E-state index in [0.717, 1.165) is 15.7 Å². The van der Waals surface area contributed by atoms with Crippen LogP contribution in [0.3, 0.4) is 0 Å². The zero-order valence-corrected chi connectivity index (χ0v) is 10.8. The van der Waals surface area contributed by atoms with Crippen molar-refractivity contribution in [1.29, 1.82) is 0 Å². The molecule has 0 spiro atoms. The molecule has 1 aromatic rings. The van der Waals surface area contributed by atoms with E-state index in [4.69, 9.17) is 4.74 Å². The number of benzene rings is 1. The van der Waals surface area contributed by atoms with Gasteiger partial charge in [0.15, 0.2) is 6.61 Å². The number of carbonyl (C=O) groups is 1. The highest BCUT2D eigenvalue weighted by Gasteiger charge is 2.00. The summed E-state index contributed by atoms with van der Waals surface area (Å²) in [4.78, 5) is 11.2. The second kappa shape index (κ2) is 6.66. The SMILES string of the molecule is CCCNC(=O)COc1ccc(I)cc1. The average Bonchev–Trinajstić information content (AvgIpc) is 2.25. The molecule has 0 saturated heterocycles. The molecule has 3 nitrogen and oxygen atoms in total. The van der Waals surface area contributed by atoms with E-state index in [1.807, 2.05) is 31.2 Å². The van der Waals surface area contributed by atoms with Gasteiger partial charge in [0.05, 0.1) is 0 Å². The third-order valence-corrected chi connectivity index (χ3v) is 2.47. The van der Waals surface area contributed by atoms with Gasteiger partial charge in [-0.05, 0) is 53.3 Å². The standard InChI is InChI=1S/C11H14INO2/c1-2-7-13-11(14)8-15-10-5-3-9(12)4-6-10/h3-6H,2,7-8H2,1H3,(H,13,14). The molecule has 0 aliphatic heterocycles. The van der Waals surface area contributed by atoms with E-state index in [9.17, 15) is 4.79 Å². The summed E-state index contributed by atoms with van der Waals surface area (Å²) in [5, 5.41) is 2.75. The van der Waals surface area contributed by atoms with Crippen LogP contribution in [0.2, 0.25) is 0 Å². The summed E-state index contributed by atoms with van der Waals surface area (Å²) in [7, 11) is 0. The molecule has 82 valence electrons. The second-order valence-electron chi connectivity index (χ2n) is 3.09. The minimum atomic E-state index is -0.0737. The summed E-state index contributed by atoms with van der Waals surface area (Å²) in [5.41, 5.74) is 0. The van der Waals surface area contributed by atoms with E-state index in [2.05, 4.69) is 27.9 Å². The van der Waals surface area contributed by atoms with Crippen molar-refractivity contribution in [3.05, 3.63) is 27.8 Å². The largest absolute Gasteiger partial charge is 0.484 e. The van der Waals surface area contributed by atoms with Crippen molar-refractivity contribution in [2.45, 2.75) is 13.3 Å². The fourth-order valence-corrected chi connectivity index (χ4v) is 1.35. The Balaban J connectivity index is 2.30. The highest BCUT2D eigenvalue weighted by Crippen LogP contribution is 2.12. The lowest BCUT2D eigenvalue weighted by Crippen LogP contribution is -2.29. The minimum Gasteiger partial charge on any atom is -0.484 e. The van der Waals surface area contributed by atoms with Gasteiger partial charge in [0, 0.05) is 10.1 Å². The summed E-state index contributed by atoms with van der Waals surface area (Å²) in [6.07, 6.45) is 0.940. The van der Waals surface area contributed by atoms with Gasteiger partial charge in [-0.2, -0.15) is 0 Å². The summed E-state index contributed by atoms with van der Waals surface area (Å²) in [6.45, 7) is 2.80. The molecule has 15 heavy (non-hydrogen) atoms. The number of ether oxygens (including phenoxy) is 1. The first-order valence-electron chi connectivity index (χ1n) is 4.87. The van der Waals surface area contributed by atoms with Crippen LogP contribution in [0.15, 0.2) is 24.3 Å². The van der Waals surface area contributed by atoms with Crippen LogP contribution in [-0.4, -0.2) is 19.1 Å². The fourth-order valence-electron chi connectivity index (χ4n) is 0.995. The van der Waals surface area contributed by atoms with E-state index in [0.29, 0.717) is 6.54 Å². The molecular formula is C11H14INO2. The van der Waals surface area contributed by atoms with Crippen LogP contribution in [0.25, 0.3) is 0 Å². The zero-order valence-electron chi connectivity index (χ0n) is 8.63. The maximum absolute atomic E-state index is 11.2. The molecule has 1 rings (SSSR count). The lowest BCUT2D eigenvalue weighted by molar-refractivity contribution is -0.123. The number of hydrogen-bond donors (Lipinski definition) is 1. The van der Waals surface area contributed by atoms with Gasteiger partial charge in [0.25, 0.3) is 5.91 Å². The molecular weight excluding hydrogens is 305 g/mol. The van der Waals surface area contributed by atoms with Crippen LogP contribution in [0.5, 0.6) is 5.75 Å². The van der Waals surface area contributed by atoms with Gasteiger partial charge >= 0.3 is 0 Å². The summed E-state index contributed by atoms with van der Waals surface area (Å²) >= 11 is 2.22. The monoisotopic (exact) mass is 319 g/mol. The molecule has 0 aliphatic carbocycles. The van der Waals surface area contributed by atoms with Crippen molar-refractivity contribution < 1.29 is 9.53 Å². The maximum atomic E-state index is 11.2. The Labute approximate surface area is 103 Å². The zero-order chi connectivity index (χ0) is 11.1. The first-order valence-corrected chi connectivity index (χ1v) is 5.95. The van der Waals surface area contributed by atoms with Crippen molar-refractivity contribution in [1.82, 2.24) is 5.32 Å². The Hall–Kier alpha value is -0.780. The van der Waals surface area contributed by atoms with Crippen molar-refractivity contribution in [3.63, 3.8) is 0 Å². The maximum Gasteiger partial charge on any atom is 0.257 e. The van der Waals surface area contributed by atoms with Gasteiger partial charge in [0.2, 0.25) is 0 Å². The van der Waals surface area contributed by atoms with E-state index < -0.39 is 0 Å². The third kappa shape index (κ3) is 5.01.